The minimum atomic E-state index is -0.00690. The van der Waals surface area contributed by atoms with Crippen LogP contribution in [0.3, 0.4) is 0 Å². The van der Waals surface area contributed by atoms with Crippen molar-refractivity contribution in [1.29, 1.82) is 0 Å². The molecule has 0 aliphatic carbocycles. The van der Waals surface area contributed by atoms with Gasteiger partial charge < -0.3 is 9.80 Å². The molecule has 48 heavy (non-hydrogen) atoms. The third-order valence-corrected chi connectivity index (χ3v) is 10.1. The van der Waals surface area contributed by atoms with Gasteiger partial charge in [0.05, 0.1) is 11.4 Å². The van der Waals surface area contributed by atoms with Crippen molar-refractivity contribution in [1.82, 2.24) is 19.8 Å². The Morgan fingerprint density at radius 3 is 1.40 bits per heavy atom. The molecule has 3 aliphatic heterocycles. The molecule has 0 bridgehead atoms. The molecule has 2 aromatic heterocycles. The number of carbonyl (C=O) groups excluding carboxylic acids is 1. The molecule has 5 heterocycles. The molecule has 2 saturated heterocycles. The summed E-state index contributed by atoms with van der Waals surface area (Å²) in [6.07, 6.45) is 5.31. The van der Waals surface area contributed by atoms with Gasteiger partial charge in [-0.3, -0.25) is 29.6 Å². The monoisotopic (exact) mass is 684 g/mol. The van der Waals surface area contributed by atoms with Crippen molar-refractivity contribution in [2.45, 2.75) is 12.8 Å². The third kappa shape index (κ3) is 7.39. The highest BCUT2D eigenvalue weighted by molar-refractivity contribution is 6.31. The van der Waals surface area contributed by atoms with E-state index in [-0.39, 0.29) is 6.03 Å². The number of hydrogen-bond donors (Lipinski definition) is 0. The van der Waals surface area contributed by atoms with Gasteiger partial charge in [0.25, 0.3) is 0 Å². The predicted octanol–water partition coefficient (Wildman–Crippen LogP) is 6.62. The zero-order chi connectivity index (χ0) is 32.9. The average Bonchev–Trinajstić information content (AvgIpc) is 3.21. The van der Waals surface area contributed by atoms with E-state index in [2.05, 4.69) is 31.7 Å². The van der Waals surface area contributed by atoms with Gasteiger partial charge in [0, 0.05) is 99.3 Å². The van der Waals surface area contributed by atoms with Gasteiger partial charge in [-0.05, 0) is 86.6 Å². The molecule has 7 rings (SSSR count). The summed E-state index contributed by atoms with van der Waals surface area (Å²) >= 11 is 12.5. The molecule has 0 atom stereocenters. The Balaban J connectivity index is 0.981. The number of pyridine rings is 2. The van der Waals surface area contributed by atoms with Crippen molar-refractivity contribution < 1.29 is 4.79 Å². The number of halogens is 2. The second-order valence-electron chi connectivity index (χ2n) is 12.7. The molecule has 2 aromatic carbocycles. The first-order valence-corrected chi connectivity index (χ1v) is 17.7. The first-order chi connectivity index (χ1) is 23.5. The quantitative estimate of drug-likeness (QED) is 0.186. The van der Waals surface area contributed by atoms with Gasteiger partial charge in [-0.1, -0.05) is 35.3 Å². The van der Waals surface area contributed by atoms with Crippen LogP contribution in [0.1, 0.15) is 12.8 Å². The number of hydrogen-bond acceptors (Lipinski definition) is 7. The molecule has 0 spiro atoms. The van der Waals surface area contributed by atoms with Crippen LogP contribution in [0.2, 0.25) is 10.0 Å². The Morgan fingerprint density at radius 2 is 0.979 bits per heavy atom. The Kier molecular flexibility index (Phi) is 10.3. The number of anilines is 4. The number of fused-ring (bicyclic) bond motifs is 3. The normalized spacial score (nSPS) is 17.3. The summed E-state index contributed by atoms with van der Waals surface area (Å²) in [7, 11) is 0. The summed E-state index contributed by atoms with van der Waals surface area (Å²) in [5.41, 5.74) is 5.53. The van der Waals surface area contributed by atoms with E-state index < -0.39 is 0 Å². The van der Waals surface area contributed by atoms with Crippen molar-refractivity contribution in [3.8, 4) is 11.4 Å². The van der Waals surface area contributed by atoms with Crippen LogP contribution in [0.25, 0.3) is 11.4 Å². The first kappa shape index (κ1) is 32.6. The van der Waals surface area contributed by atoms with E-state index >= 15 is 0 Å². The molecule has 0 unspecified atom stereocenters. The number of aromatic nitrogens is 2. The third-order valence-electron chi connectivity index (χ3n) is 9.64. The van der Waals surface area contributed by atoms with Crippen LogP contribution >= 0.6 is 23.2 Å². The van der Waals surface area contributed by atoms with Gasteiger partial charge in [0.2, 0.25) is 0 Å². The number of amides is 2. The Hall–Kier alpha value is -3.89. The largest absolute Gasteiger partial charge is 0.369 e. The highest BCUT2D eigenvalue weighted by Gasteiger charge is 2.33. The van der Waals surface area contributed by atoms with E-state index in [0.29, 0.717) is 13.1 Å². The van der Waals surface area contributed by atoms with Crippen molar-refractivity contribution in [2.24, 2.45) is 0 Å². The molecule has 0 radical (unpaired) electrons. The lowest BCUT2D eigenvalue weighted by Gasteiger charge is -2.37. The zero-order valence-corrected chi connectivity index (χ0v) is 28.7. The van der Waals surface area contributed by atoms with E-state index in [9.17, 15) is 4.79 Å². The van der Waals surface area contributed by atoms with Crippen LogP contribution in [0.5, 0.6) is 0 Å². The van der Waals surface area contributed by atoms with Crippen molar-refractivity contribution >= 4 is 52.0 Å². The Bertz CT molecular complexity index is 1580. The molecule has 9 nitrogen and oxygen atoms in total. The molecule has 2 amide bonds. The maximum atomic E-state index is 14.4. The molecule has 4 aromatic rings. The fourth-order valence-corrected chi connectivity index (χ4v) is 7.46. The van der Waals surface area contributed by atoms with E-state index in [0.717, 1.165) is 111 Å². The maximum absolute atomic E-state index is 14.4. The van der Waals surface area contributed by atoms with Crippen molar-refractivity contribution in [3.05, 3.63) is 95.2 Å². The minimum Gasteiger partial charge on any atom is -0.369 e. The highest BCUT2D eigenvalue weighted by Crippen LogP contribution is 2.38. The predicted molar refractivity (Wildman–Crippen MR) is 197 cm³/mol. The Morgan fingerprint density at radius 1 is 0.542 bits per heavy atom. The van der Waals surface area contributed by atoms with Crippen LogP contribution in [-0.2, 0) is 0 Å². The van der Waals surface area contributed by atoms with Gasteiger partial charge in [0.1, 0.15) is 11.4 Å². The average molecular weight is 686 g/mol. The lowest BCUT2D eigenvalue weighted by Crippen LogP contribution is -2.48. The van der Waals surface area contributed by atoms with E-state index in [4.69, 9.17) is 33.2 Å². The van der Waals surface area contributed by atoms with Crippen molar-refractivity contribution in [2.75, 3.05) is 98.1 Å². The number of nitrogens with zero attached hydrogens (tertiary/aromatic N) is 8. The fourth-order valence-electron chi connectivity index (χ4n) is 7.09. The van der Waals surface area contributed by atoms with Gasteiger partial charge in [-0.2, -0.15) is 0 Å². The van der Waals surface area contributed by atoms with Crippen LogP contribution < -0.4 is 19.6 Å². The van der Waals surface area contributed by atoms with Crippen molar-refractivity contribution in [3.63, 3.8) is 0 Å². The molecule has 2 fully saturated rings. The molecule has 0 N–H and O–H groups in total. The van der Waals surface area contributed by atoms with Crippen LogP contribution in [0, 0.1) is 0 Å². The first-order valence-electron chi connectivity index (χ1n) is 17.0. The van der Waals surface area contributed by atoms with Gasteiger partial charge in [-0.15, -0.1) is 0 Å². The summed E-state index contributed by atoms with van der Waals surface area (Å²) in [5.74, 6) is 0. The molecule has 3 aliphatic rings. The standard InChI is InChI=1S/C37H42Cl2N8O/c38-29-7-1-9-31(27-29)44-23-19-42(20-24-44)15-5-17-46-33-11-3-13-40-35(33)36-34(12-4-14-41-36)47(37(46)48)18-6-16-43-21-25-45(26-22-43)32-10-2-8-30(39)28-32/h1-4,7-14,27-28H,5-6,15-26H2. The molecule has 0 saturated carbocycles. The summed E-state index contributed by atoms with van der Waals surface area (Å²) < 4.78 is 0. The summed E-state index contributed by atoms with van der Waals surface area (Å²) in [5, 5.41) is 1.54. The molecular weight excluding hydrogens is 643 g/mol. The number of carbonyl (C=O) groups is 1. The fraction of sp³-hybridized carbons (Fsp3) is 0.378. The summed E-state index contributed by atoms with van der Waals surface area (Å²) in [6.45, 7) is 10.8. The van der Waals surface area contributed by atoms with Gasteiger partial charge in [0.15, 0.2) is 0 Å². The van der Waals surface area contributed by atoms with E-state index in [1.807, 2.05) is 70.5 Å². The second kappa shape index (κ2) is 15.1. The number of piperazine rings is 2. The molecule has 250 valence electrons. The SMILES string of the molecule is O=C1N(CCCN2CCN(c3cccc(Cl)c3)CC2)c2cccnc2-c2ncccc2N1CCCN1CCN(c2cccc(Cl)c2)CC1. The lowest BCUT2D eigenvalue weighted by atomic mass is 10.1. The molecular formula is C37H42Cl2N8O. The van der Waals surface area contributed by atoms with Gasteiger partial charge in [-0.25, -0.2) is 4.79 Å². The smallest absolute Gasteiger partial charge is 0.329 e. The minimum absolute atomic E-state index is 0.00690. The van der Waals surface area contributed by atoms with Crippen LogP contribution in [0.15, 0.2) is 85.2 Å². The lowest BCUT2D eigenvalue weighted by molar-refractivity contribution is 0.243. The molecule has 11 heteroatoms. The maximum Gasteiger partial charge on any atom is 0.329 e. The highest BCUT2D eigenvalue weighted by atomic mass is 35.5. The second-order valence-corrected chi connectivity index (χ2v) is 13.5. The van der Waals surface area contributed by atoms with E-state index in [1.165, 1.54) is 11.4 Å². The summed E-state index contributed by atoms with van der Waals surface area (Å²) in [4.78, 5) is 37.5. The number of benzene rings is 2. The Labute approximate surface area is 293 Å². The van der Waals surface area contributed by atoms with E-state index in [1.54, 1.807) is 12.4 Å². The topological polar surface area (TPSA) is 62.3 Å². The summed E-state index contributed by atoms with van der Waals surface area (Å²) in [6, 6.07) is 24.0. The number of urea groups is 1. The van der Waals surface area contributed by atoms with Gasteiger partial charge >= 0.3 is 6.03 Å². The number of rotatable bonds is 10. The van der Waals surface area contributed by atoms with Crippen LogP contribution in [0.4, 0.5) is 27.5 Å². The van der Waals surface area contributed by atoms with Crippen LogP contribution in [-0.4, -0.2) is 104 Å². The zero-order valence-electron chi connectivity index (χ0n) is 27.2.